The summed E-state index contributed by atoms with van der Waals surface area (Å²) < 4.78 is 13.9. The summed E-state index contributed by atoms with van der Waals surface area (Å²) in [6.45, 7) is 14.8. The van der Waals surface area contributed by atoms with Gasteiger partial charge in [-0.25, -0.2) is 0 Å². The highest BCUT2D eigenvalue weighted by atomic mass is 79.9. The Morgan fingerprint density at radius 2 is 1.08 bits per heavy atom. The molecular weight excluding hydrogens is 600 g/mol. The molecule has 6 nitrogen and oxygen atoms in total. The van der Waals surface area contributed by atoms with Crippen LogP contribution in [-0.4, -0.2) is 61.0 Å². The molecule has 1 aliphatic heterocycles. The fraction of sp³-hybridized carbons (Fsp3) is 0.517. The molecule has 8 heteroatoms. The van der Waals surface area contributed by atoms with Crippen LogP contribution in [0.2, 0.25) is 0 Å². The summed E-state index contributed by atoms with van der Waals surface area (Å²) in [4.78, 5) is 29.5. The third-order valence-corrected chi connectivity index (χ3v) is 7.39. The van der Waals surface area contributed by atoms with Gasteiger partial charge in [-0.15, -0.1) is 0 Å². The van der Waals surface area contributed by atoms with Crippen LogP contribution in [0.25, 0.3) is 0 Å². The van der Waals surface area contributed by atoms with E-state index in [1.165, 1.54) is 0 Å². The van der Waals surface area contributed by atoms with Crippen LogP contribution in [0.5, 0.6) is 11.5 Å². The normalized spacial score (nSPS) is 14.8. The molecule has 0 unspecified atom stereocenters. The van der Waals surface area contributed by atoms with Gasteiger partial charge in [0.2, 0.25) is 0 Å². The Bertz CT molecular complexity index is 1030. The largest absolute Gasteiger partial charge is 0.483 e. The van der Waals surface area contributed by atoms with Gasteiger partial charge in [0.05, 0.1) is 0 Å². The van der Waals surface area contributed by atoms with E-state index in [1.807, 2.05) is 36.4 Å². The van der Waals surface area contributed by atoms with E-state index in [1.54, 1.807) is 9.80 Å². The fourth-order valence-electron chi connectivity index (χ4n) is 4.31. The standard InChI is InChI=1S/C29H38Br2N2O4/c1-28(2,3)22-16-20(30)8-10-24(22)36-18-26(34)32-12-7-13-33(15-14-32)27(35)19-37-25-11-9-21(31)17-23(25)29(4,5)6/h8-11,16-17H,7,12-15,18-19H2,1-6H3. The van der Waals surface area contributed by atoms with Gasteiger partial charge >= 0.3 is 0 Å². The molecule has 1 aliphatic rings. The van der Waals surface area contributed by atoms with Gasteiger partial charge in [-0.1, -0.05) is 73.4 Å². The van der Waals surface area contributed by atoms with Gasteiger partial charge in [0, 0.05) is 46.3 Å². The zero-order valence-electron chi connectivity index (χ0n) is 22.7. The Morgan fingerprint density at radius 1 is 0.703 bits per heavy atom. The van der Waals surface area contributed by atoms with Crippen molar-refractivity contribution in [1.82, 2.24) is 9.80 Å². The second-order valence-electron chi connectivity index (χ2n) is 11.5. The van der Waals surface area contributed by atoms with Gasteiger partial charge in [-0.05, 0) is 53.6 Å². The molecule has 0 aliphatic carbocycles. The quantitative estimate of drug-likeness (QED) is 0.372. The van der Waals surface area contributed by atoms with Gasteiger partial charge in [0.25, 0.3) is 11.8 Å². The first-order valence-corrected chi connectivity index (χ1v) is 14.3. The van der Waals surface area contributed by atoms with Crippen molar-refractivity contribution in [3.8, 4) is 11.5 Å². The van der Waals surface area contributed by atoms with E-state index in [0.29, 0.717) is 32.6 Å². The first-order chi connectivity index (χ1) is 17.3. The first-order valence-electron chi connectivity index (χ1n) is 12.7. The Labute approximate surface area is 237 Å². The Kier molecular flexibility index (Phi) is 9.73. The highest BCUT2D eigenvalue weighted by molar-refractivity contribution is 9.10. The maximum absolute atomic E-state index is 13.0. The molecule has 0 radical (unpaired) electrons. The summed E-state index contributed by atoms with van der Waals surface area (Å²) in [5.74, 6) is 1.29. The van der Waals surface area contributed by atoms with Crippen LogP contribution in [0.1, 0.15) is 59.1 Å². The third kappa shape index (κ3) is 8.21. The lowest BCUT2D eigenvalue weighted by molar-refractivity contribution is -0.135. The summed E-state index contributed by atoms with van der Waals surface area (Å²) in [6.07, 6.45) is 0.717. The lowest BCUT2D eigenvalue weighted by atomic mass is 9.86. The van der Waals surface area contributed by atoms with Gasteiger partial charge in [0.1, 0.15) is 11.5 Å². The predicted octanol–water partition coefficient (Wildman–Crippen LogP) is 6.33. The first kappa shape index (κ1) is 29.5. The summed E-state index contributed by atoms with van der Waals surface area (Å²) in [6, 6.07) is 11.7. The van der Waals surface area contributed by atoms with Gasteiger partial charge in [0.15, 0.2) is 13.2 Å². The molecule has 0 atom stereocenters. The lowest BCUT2D eigenvalue weighted by Crippen LogP contribution is -2.40. The molecular formula is C29H38Br2N2O4. The van der Waals surface area contributed by atoms with E-state index in [2.05, 4.69) is 73.4 Å². The van der Waals surface area contributed by atoms with Crippen molar-refractivity contribution < 1.29 is 19.1 Å². The Morgan fingerprint density at radius 3 is 1.43 bits per heavy atom. The van der Waals surface area contributed by atoms with Gasteiger partial charge < -0.3 is 19.3 Å². The summed E-state index contributed by atoms with van der Waals surface area (Å²) >= 11 is 7.05. The van der Waals surface area contributed by atoms with Crippen molar-refractivity contribution in [2.24, 2.45) is 0 Å². The van der Waals surface area contributed by atoms with E-state index in [0.717, 1.165) is 31.6 Å². The zero-order chi connectivity index (χ0) is 27.4. The van der Waals surface area contributed by atoms with Crippen molar-refractivity contribution in [1.29, 1.82) is 0 Å². The molecule has 2 aromatic carbocycles. The molecule has 2 aromatic rings. The smallest absolute Gasteiger partial charge is 0.260 e. The van der Waals surface area contributed by atoms with Crippen molar-refractivity contribution in [3.63, 3.8) is 0 Å². The maximum Gasteiger partial charge on any atom is 0.260 e. The molecule has 37 heavy (non-hydrogen) atoms. The second-order valence-corrected chi connectivity index (χ2v) is 13.3. The number of hydrogen-bond acceptors (Lipinski definition) is 4. The number of hydrogen-bond donors (Lipinski definition) is 0. The van der Waals surface area contributed by atoms with Gasteiger partial charge in [-0.2, -0.15) is 0 Å². The molecule has 0 spiro atoms. The maximum atomic E-state index is 13.0. The number of nitrogens with zero attached hydrogens (tertiary/aromatic N) is 2. The highest BCUT2D eigenvalue weighted by Crippen LogP contribution is 2.34. The summed E-state index contributed by atoms with van der Waals surface area (Å²) in [5, 5.41) is 0. The number of carbonyl (C=O) groups excluding carboxylic acids is 2. The number of rotatable bonds is 6. The highest BCUT2D eigenvalue weighted by Gasteiger charge is 2.25. The SMILES string of the molecule is CC(C)(C)c1cc(Br)ccc1OCC(=O)N1CCCN(C(=O)COc2ccc(Br)cc2C(C)(C)C)CC1. The predicted molar refractivity (Wildman–Crippen MR) is 154 cm³/mol. The molecule has 1 saturated heterocycles. The molecule has 202 valence electrons. The van der Waals surface area contributed by atoms with E-state index in [-0.39, 0.29) is 35.9 Å². The van der Waals surface area contributed by atoms with E-state index in [9.17, 15) is 9.59 Å². The molecule has 0 bridgehead atoms. The minimum atomic E-state index is -0.114. The molecule has 0 N–H and O–H groups in total. The fourth-order valence-corrected chi connectivity index (χ4v) is 5.03. The lowest BCUT2D eigenvalue weighted by Gasteiger charge is -2.25. The average molecular weight is 638 g/mol. The van der Waals surface area contributed by atoms with E-state index in [4.69, 9.17) is 9.47 Å². The minimum Gasteiger partial charge on any atom is -0.483 e. The summed E-state index contributed by atoms with van der Waals surface area (Å²) in [5.41, 5.74) is 1.86. The second kappa shape index (κ2) is 12.2. The van der Waals surface area contributed by atoms with Crippen molar-refractivity contribution in [3.05, 3.63) is 56.5 Å². The summed E-state index contributed by atoms with van der Waals surface area (Å²) in [7, 11) is 0. The van der Waals surface area contributed by atoms with Crippen LogP contribution < -0.4 is 9.47 Å². The van der Waals surface area contributed by atoms with Crippen LogP contribution in [0.4, 0.5) is 0 Å². The number of carbonyl (C=O) groups is 2. The zero-order valence-corrected chi connectivity index (χ0v) is 25.9. The van der Waals surface area contributed by atoms with Crippen LogP contribution >= 0.6 is 31.9 Å². The monoisotopic (exact) mass is 636 g/mol. The third-order valence-electron chi connectivity index (χ3n) is 6.40. The number of amides is 2. The molecule has 1 heterocycles. The Hall–Kier alpha value is -2.06. The topological polar surface area (TPSA) is 59.1 Å². The molecule has 2 amide bonds. The molecule has 3 rings (SSSR count). The van der Waals surface area contributed by atoms with Crippen molar-refractivity contribution >= 4 is 43.7 Å². The average Bonchev–Trinajstić information content (AvgIpc) is 3.07. The van der Waals surface area contributed by atoms with E-state index < -0.39 is 0 Å². The number of benzene rings is 2. The molecule has 1 fully saturated rings. The van der Waals surface area contributed by atoms with Crippen LogP contribution in [0.15, 0.2) is 45.3 Å². The van der Waals surface area contributed by atoms with Crippen molar-refractivity contribution in [2.75, 3.05) is 39.4 Å². The van der Waals surface area contributed by atoms with Crippen LogP contribution in [-0.2, 0) is 20.4 Å². The molecule has 0 saturated carbocycles. The number of halogens is 2. The Balaban J connectivity index is 1.55. The van der Waals surface area contributed by atoms with Crippen LogP contribution in [0, 0.1) is 0 Å². The van der Waals surface area contributed by atoms with Crippen molar-refractivity contribution in [2.45, 2.75) is 58.8 Å². The van der Waals surface area contributed by atoms with Gasteiger partial charge in [-0.3, -0.25) is 9.59 Å². The van der Waals surface area contributed by atoms with Crippen LogP contribution in [0.3, 0.4) is 0 Å². The minimum absolute atomic E-state index is 0.0269. The molecule has 0 aromatic heterocycles. The van der Waals surface area contributed by atoms with E-state index >= 15 is 0 Å². The number of ether oxygens (including phenoxy) is 2.